The summed E-state index contributed by atoms with van der Waals surface area (Å²) in [6.45, 7) is 8.86. The molecule has 0 aliphatic carbocycles. The van der Waals surface area contributed by atoms with Crippen LogP contribution in [0.25, 0.3) is 0 Å². The predicted octanol–water partition coefficient (Wildman–Crippen LogP) is 3.49. The van der Waals surface area contributed by atoms with Crippen LogP contribution in [0.5, 0.6) is 0 Å². The van der Waals surface area contributed by atoms with Crippen LogP contribution < -0.4 is 10.6 Å². The molecule has 0 aromatic heterocycles. The monoisotopic (exact) mass is 499 g/mol. The summed E-state index contributed by atoms with van der Waals surface area (Å²) in [5.41, 5.74) is 0.938. The Labute approximate surface area is 212 Å². The molecule has 4 rings (SSSR count). The fourth-order valence-electron chi connectivity index (χ4n) is 4.86. The maximum absolute atomic E-state index is 12.8. The lowest BCUT2D eigenvalue weighted by Crippen LogP contribution is -2.53. The second kappa shape index (κ2) is 11.6. The molecule has 2 fully saturated rings. The zero-order chi connectivity index (χ0) is 24.8. The molecule has 0 radical (unpaired) electrons. The third kappa shape index (κ3) is 6.85. The molecule has 3 amide bonds. The number of amidine groups is 1. The molecule has 2 saturated heterocycles. The third-order valence-corrected chi connectivity index (χ3v) is 8.24. The molecule has 0 unspecified atom stereocenters. The third-order valence-electron chi connectivity index (χ3n) is 7.03. The number of piperidine rings is 2. The van der Waals surface area contributed by atoms with Crippen LogP contribution in [0.1, 0.15) is 69.2 Å². The van der Waals surface area contributed by atoms with E-state index in [9.17, 15) is 14.4 Å². The Kier molecular flexibility index (Phi) is 8.49. The molecular weight excluding hydrogens is 462 g/mol. The van der Waals surface area contributed by atoms with Gasteiger partial charge in [-0.05, 0) is 77.2 Å². The first-order chi connectivity index (χ1) is 16.8. The van der Waals surface area contributed by atoms with Gasteiger partial charge >= 0.3 is 0 Å². The van der Waals surface area contributed by atoms with Gasteiger partial charge in [0.1, 0.15) is 5.25 Å². The van der Waals surface area contributed by atoms with Gasteiger partial charge in [0.15, 0.2) is 5.17 Å². The second-order valence-corrected chi connectivity index (χ2v) is 11.4. The number of rotatable bonds is 7. The van der Waals surface area contributed by atoms with Gasteiger partial charge in [0.25, 0.3) is 11.8 Å². The van der Waals surface area contributed by atoms with Crippen molar-refractivity contribution in [3.63, 3.8) is 0 Å². The maximum atomic E-state index is 12.8. The Morgan fingerprint density at radius 3 is 2.46 bits per heavy atom. The number of nitrogens with one attached hydrogen (secondary N) is 2. The first-order valence-corrected chi connectivity index (χ1v) is 13.7. The lowest BCUT2D eigenvalue weighted by Gasteiger charge is -2.41. The van der Waals surface area contributed by atoms with E-state index in [1.54, 1.807) is 24.3 Å². The molecule has 8 nitrogen and oxygen atoms in total. The van der Waals surface area contributed by atoms with Gasteiger partial charge in [-0.2, -0.15) is 4.99 Å². The largest absolute Gasteiger partial charge is 0.351 e. The van der Waals surface area contributed by atoms with E-state index >= 15 is 0 Å². The van der Waals surface area contributed by atoms with Crippen LogP contribution in [0, 0.1) is 0 Å². The standard InChI is InChI=1S/C26H37N5O3S/c1-26(2,31-14-7-4-8-15-31)18-27-23(33)19-10-9-11-20(16-19)28-22(32)17-21-24(34)29-25(35-21)30-12-5-3-6-13-30/h9-11,16,21H,3-8,12-15,17-18H2,1-2H3,(H,27,33)(H,28,32)/t21-/m0/s1. The van der Waals surface area contributed by atoms with Gasteiger partial charge in [-0.3, -0.25) is 19.3 Å². The van der Waals surface area contributed by atoms with Gasteiger partial charge in [0, 0.05) is 42.8 Å². The van der Waals surface area contributed by atoms with Crippen molar-refractivity contribution in [2.75, 3.05) is 38.0 Å². The van der Waals surface area contributed by atoms with E-state index in [4.69, 9.17) is 0 Å². The molecule has 35 heavy (non-hydrogen) atoms. The number of benzene rings is 1. The summed E-state index contributed by atoms with van der Waals surface area (Å²) >= 11 is 1.39. The summed E-state index contributed by atoms with van der Waals surface area (Å²) < 4.78 is 0. The quantitative estimate of drug-likeness (QED) is 0.597. The van der Waals surface area contributed by atoms with Crippen LogP contribution >= 0.6 is 11.8 Å². The average Bonchev–Trinajstić information content (AvgIpc) is 3.23. The summed E-state index contributed by atoms with van der Waals surface area (Å²) in [4.78, 5) is 46.6. The van der Waals surface area contributed by atoms with E-state index in [-0.39, 0.29) is 29.7 Å². The molecule has 2 N–H and O–H groups in total. The Morgan fingerprint density at radius 2 is 1.74 bits per heavy atom. The Bertz CT molecular complexity index is 967. The smallest absolute Gasteiger partial charge is 0.262 e. The Morgan fingerprint density at radius 1 is 1.06 bits per heavy atom. The number of anilines is 1. The number of carbonyl (C=O) groups excluding carboxylic acids is 3. The lowest BCUT2D eigenvalue weighted by atomic mass is 9.98. The number of carbonyl (C=O) groups is 3. The summed E-state index contributed by atoms with van der Waals surface area (Å²) in [7, 11) is 0. The van der Waals surface area contributed by atoms with Crippen molar-refractivity contribution in [2.45, 2.75) is 69.6 Å². The molecular formula is C26H37N5O3S. The molecule has 0 saturated carbocycles. The van der Waals surface area contributed by atoms with Crippen molar-refractivity contribution >= 4 is 40.3 Å². The van der Waals surface area contributed by atoms with E-state index < -0.39 is 5.25 Å². The van der Waals surface area contributed by atoms with Gasteiger partial charge in [0.2, 0.25) is 5.91 Å². The highest BCUT2D eigenvalue weighted by atomic mass is 32.2. The minimum atomic E-state index is -0.490. The molecule has 9 heteroatoms. The van der Waals surface area contributed by atoms with E-state index in [0.29, 0.717) is 17.8 Å². The number of hydrogen-bond donors (Lipinski definition) is 2. The number of amides is 3. The number of hydrogen-bond acceptors (Lipinski definition) is 6. The highest BCUT2D eigenvalue weighted by molar-refractivity contribution is 8.15. The van der Waals surface area contributed by atoms with E-state index in [0.717, 1.165) is 44.2 Å². The fraction of sp³-hybridized carbons (Fsp3) is 0.615. The predicted molar refractivity (Wildman–Crippen MR) is 141 cm³/mol. The molecule has 1 aromatic carbocycles. The Balaban J connectivity index is 1.27. The fourth-order valence-corrected chi connectivity index (χ4v) is 5.97. The molecule has 3 aliphatic rings. The normalized spacial score (nSPS) is 21.5. The molecule has 0 spiro atoms. The molecule has 0 bridgehead atoms. The van der Waals surface area contributed by atoms with Crippen LogP contribution in [0.2, 0.25) is 0 Å². The first kappa shape index (κ1) is 25.7. The van der Waals surface area contributed by atoms with E-state index in [2.05, 4.69) is 39.3 Å². The highest BCUT2D eigenvalue weighted by Gasteiger charge is 2.33. The SMILES string of the molecule is CC(C)(CNC(=O)c1cccc(NC(=O)C[C@@H]2SC(N3CCCCC3)=NC2=O)c1)N1CCCCC1. The number of thioether (sulfide) groups is 1. The average molecular weight is 500 g/mol. The van der Waals surface area contributed by atoms with Crippen molar-refractivity contribution in [1.29, 1.82) is 0 Å². The van der Waals surface area contributed by atoms with Gasteiger partial charge in [-0.15, -0.1) is 0 Å². The van der Waals surface area contributed by atoms with Crippen molar-refractivity contribution in [3.8, 4) is 0 Å². The van der Waals surface area contributed by atoms with Crippen LogP contribution in [0.3, 0.4) is 0 Å². The minimum absolute atomic E-state index is 0.0603. The van der Waals surface area contributed by atoms with E-state index in [1.165, 1.54) is 37.4 Å². The summed E-state index contributed by atoms with van der Waals surface area (Å²) in [5, 5.41) is 6.16. The number of likely N-dealkylation sites (tertiary alicyclic amines) is 2. The molecule has 3 heterocycles. The highest BCUT2D eigenvalue weighted by Crippen LogP contribution is 2.29. The number of aliphatic imine (C=N–C) groups is 1. The topological polar surface area (TPSA) is 94.1 Å². The van der Waals surface area contributed by atoms with Crippen molar-refractivity contribution in [1.82, 2.24) is 15.1 Å². The van der Waals surface area contributed by atoms with Gasteiger partial charge < -0.3 is 15.5 Å². The van der Waals surface area contributed by atoms with Crippen LogP contribution in [-0.2, 0) is 9.59 Å². The number of nitrogens with zero attached hydrogens (tertiary/aromatic N) is 3. The van der Waals surface area contributed by atoms with Gasteiger partial charge in [-0.25, -0.2) is 0 Å². The van der Waals surface area contributed by atoms with Gasteiger partial charge in [-0.1, -0.05) is 24.2 Å². The van der Waals surface area contributed by atoms with Gasteiger partial charge in [0.05, 0.1) is 0 Å². The molecule has 1 atom stereocenters. The zero-order valence-corrected chi connectivity index (χ0v) is 21.7. The lowest BCUT2D eigenvalue weighted by molar-refractivity contribution is -0.121. The van der Waals surface area contributed by atoms with E-state index in [1.807, 2.05) is 0 Å². The molecule has 3 aliphatic heterocycles. The van der Waals surface area contributed by atoms with Crippen molar-refractivity contribution < 1.29 is 14.4 Å². The van der Waals surface area contributed by atoms with Crippen LogP contribution in [-0.4, -0.2) is 76.2 Å². The minimum Gasteiger partial charge on any atom is -0.351 e. The maximum Gasteiger partial charge on any atom is 0.262 e. The zero-order valence-electron chi connectivity index (χ0n) is 20.8. The Hall–Kier alpha value is -2.39. The van der Waals surface area contributed by atoms with Crippen LogP contribution in [0.4, 0.5) is 5.69 Å². The van der Waals surface area contributed by atoms with Crippen LogP contribution in [0.15, 0.2) is 29.3 Å². The summed E-state index contributed by atoms with van der Waals surface area (Å²) in [6.07, 6.45) is 7.17. The molecule has 190 valence electrons. The summed E-state index contributed by atoms with van der Waals surface area (Å²) in [6, 6.07) is 6.94. The first-order valence-electron chi connectivity index (χ1n) is 12.8. The van der Waals surface area contributed by atoms with Crippen molar-refractivity contribution in [3.05, 3.63) is 29.8 Å². The molecule has 1 aromatic rings. The summed E-state index contributed by atoms with van der Waals surface area (Å²) in [5.74, 6) is -0.655. The second-order valence-electron chi connectivity index (χ2n) is 10.3. The van der Waals surface area contributed by atoms with Crippen molar-refractivity contribution in [2.24, 2.45) is 4.99 Å².